The van der Waals surface area contributed by atoms with Crippen LogP contribution in [0, 0.1) is 6.92 Å². The van der Waals surface area contributed by atoms with E-state index >= 15 is 0 Å². The van der Waals surface area contributed by atoms with E-state index in [0.717, 1.165) is 12.0 Å². The summed E-state index contributed by atoms with van der Waals surface area (Å²) in [4.78, 5) is 31.2. The van der Waals surface area contributed by atoms with Crippen LogP contribution in [0.1, 0.15) is 16.8 Å². The van der Waals surface area contributed by atoms with Gasteiger partial charge in [0.15, 0.2) is 5.16 Å². The summed E-state index contributed by atoms with van der Waals surface area (Å²) >= 11 is 1.30. The van der Waals surface area contributed by atoms with Crippen molar-refractivity contribution in [1.82, 2.24) is 14.5 Å². The van der Waals surface area contributed by atoms with E-state index in [-0.39, 0.29) is 17.2 Å². The second kappa shape index (κ2) is 10.1. The highest BCUT2D eigenvalue weighted by molar-refractivity contribution is 7.99. The molecule has 0 saturated carbocycles. The fourth-order valence-corrected chi connectivity index (χ4v) is 3.91. The quantitative estimate of drug-likeness (QED) is 0.424. The van der Waals surface area contributed by atoms with Crippen LogP contribution in [-0.2, 0) is 24.8 Å². The van der Waals surface area contributed by atoms with Gasteiger partial charge in [0.25, 0.3) is 5.56 Å². The molecule has 3 rings (SSSR count). The molecule has 0 aliphatic rings. The Kier molecular flexibility index (Phi) is 7.25. The first-order valence-corrected chi connectivity index (χ1v) is 10.5. The van der Waals surface area contributed by atoms with Gasteiger partial charge in [-0.25, -0.2) is 4.98 Å². The van der Waals surface area contributed by atoms with Crippen LogP contribution in [0.2, 0.25) is 0 Å². The molecule has 0 radical (unpaired) electrons. The zero-order valence-corrected chi connectivity index (χ0v) is 17.6. The smallest absolute Gasteiger partial charge is 0.254 e. The molecule has 5 nitrogen and oxygen atoms in total. The molecule has 150 valence electrons. The summed E-state index contributed by atoms with van der Waals surface area (Å²) in [5.74, 6) is 0.274. The fraction of sp³-hybridized carbons (Fsp3) is 0.261. The van der Waals surface area contributed by atoms with Crippen molar-refractivity contribution in [2.75, 3.05) is 12.3 Å². The van der Waals surface area contributed by atoms with Crippen molar-refractivity contribution in [2.24, 2.45) is 7.05 Å². The molecule has 2 aromatic carbocycles. The first kappa shape index (κ1) is 20.9. The molecule has 1 amide bonds. The molecule has 0 aliphatic heterocycles. The fourth-order valence-electron chi connectivity index (χ4n) is 2.98. The number of hydrogen-bond donors (Lipinski definition) is 0. The first-order valence-electron chi connectivity index (χ1n) is 9.56. The van der Waals surface area contributed by atoms with Crippen molar-refractivity contribution < 1.29 is 4.79 Å². The minimum Gasteiger partial charge on any atom is -0.337 e. The lowest BCUT2D eigenvalue weighted by atomic mass is 10.1. The minimum absolute atomic E-state index is 0.0329. The highest BCUT2D eigenvalue weighted by atomic mass is 32.2. The molecule has 0 saturated heterocycles. The van der Waals surface area contributed by atoms with Gasteiger partial charge in [-0.2, -0.15) is 0 Å². The SMILES string of the molecule is Cc1cc(=O)n(C)c(SCC(=O)N(CCc2ccccc2)Cc2ccccc2)n1. The van der Waals surface area contributed by atoms with Gasteiger partial charge in [-0.15, -0.1) is 0 Å². The number of carbonyl (C=O) groups is 1. The van der Waals surface area contributed by atoms with Crippen LogP contribution in [-0.4, -0.2) is 32.7 Å². The molecule has 6 heteroatoms. The molecule has 29 heavy (non-hydrogen) atoms. The number of rotatable bonds is 8. The summed E-state index contributed by atoms with van der Waals surface area (Å²) in [6.07, 6.45) is 0.797. The standard InChI is InChI=1S/C23H25N3O2S/c1-18-15-21(27)25(2)23(24-18)29-17-22(28)26(16-20-11-7-4-8-12-20)14-13-19-9-5-3-6-10-19/h3-12,15H,13-14,16-17H2,1-2H3. The summed E-state index contributed by atoms with van der Waals surface area (Å²) in [7, 11) is 1.68. The van der Waals surface area contributed by atoms with Gasteiger partial charge >= 0.3 is 0 Å². The Morgan fingerprint density at radius 2 is 1.66 bits per heavy atom. The Hall–Kier alpha value is -2.86. The third-order valence-corrected chi connectivity index (χ3v) is 5.64. The highest BCUT2D eigenvalue weighted by Crippen LogP contribution is 2.16. The predicted octanol–water partition coefficient (Wildman–Crippen LogP) is 3.45. The Morgan fingerprint density at radius 1 is 1.03 bits per heavy atom. The average Bonchev–Trinajstić information content (AvgIpc) is 2.74. The molecule has 0 atom stereocenters. The van der Waals surface area contributed by atoms with Gasteiger partial charge in [0.2, 0.25) is 5.91 Å². The average molecular weight is 408 g/mol. The van der Waals surface area contributed by atoms with E-state index in [4.69, 9.17) is 0 Å². The van der Waals surface area contributed by atoms with Crippen LogP contribution >= 0.6 is 11.8 Å². The minimum atomic E-state index is -0.113. The van der Waals surface area contributed by atoms with Crippen molar-refractivity contribution in [1.29, 1.82) is 0 Å². The van der Waals surface area contributed by atoms with E-state index in [2.05, 4.69) is 17.1 Å². The van der Waals surface area contributed by atoms with Crippen LogP contribution in [0.15, 0.2) is 76.7 Å². The number of aryl methyl sites for hydroxylation is 1. The van der Waals surface area contributed by atoms with E-state index in [1.165, 1.54) is 28.0 Å². The van der Waals surface area contributed by atoms with Crippen molar-refractivity contribution in [3.8, 4) is 0 Å². The van der Waals surface area contributed by atoms with Gasteiger partial charge in [-0.1, -0.05) is 72.4 Å². The van der Waals surface area contributed by atoms with Crippen molar-refractivity contribution in [3.63, 3.8) is 0 Å². The lowest BCUT2D eigenvalue weighted by Crippen LogP contribution is -2.34. The normalized spacial score (nSPS) is 10.7. The van der Waals surface area contributed by atoms with Gasteiger partial charge < -0.3 is 4.90 Å². The largest absolute Gasteiger partial charge is 0.337 e. The van der Waals surface area contributed by atoms with E-state index in [0.29, 0.717) is 23.9 Å². The maximum atomic E-state index is 13.0. The highest BCUT2D eigenvalue weighted by Gasteiger charge is 2.16. The number of hydrogen-bond acceptors (Lipinski definition) is 4. The van der Waals surface area contributed by atoms with E-state index < -0.39 is 0 Å². The molecule has 0 spiro atoms. The Morgan fingerprint density at radius 3 is 2.31 bits per heavy atom. The lowest BCUT2D eigenvalue weighted by molar-refractivity contribution is -0.128. The Labute approximate surface area is 175 Å². The zero-order chi connectivity index (χ0) is 20.6. The molecule has 1 heterocycles. The number of aromatic nitrogens is 2. The molecule has 3 aromatic rings. The number of nitrogens with zero attached hydrogens (tertiary/aromatic N) is 3. The zero-order valence-electron chi connectivity index (χ0n) is 16.7. The third kappa shape index (κ3) is 6.06. The summed E-state index contributed by atoms with van der Waals surface area (Å²) < 4.78 is 1.48. The summed E-state index contributed by atoms with van der Waals surface area (Å²) in [6, 6.07) is 21.7. The molecule has 0 N–H and O–H groups in total. The van der Waals surface area contributed by atoms with Crippen LogP contribution in [0.5, 0.6) is 0 Å². The van der Waals surface area contributed by atoms with E-state index in [1.54, 1.807) is 14.0 Å². The molecule has 0 aliphatic carbocycles. The molecule has 1 aromatic heterocycles. The van der Waals surface area contributed by atoms with E-state index in [1.807, 2.05) is 53.4 Å². The molecule has 0 fully saturated rings. The summed E-state index contributed by atoms with van der Waals surface area (Å²) in [5, 5.41) is 0.561. The number of carbonyl (C=O) groups excluding carboxylic acids is 1. The molecular formula is C23H25N3O2S. The van der Waals surface area contributed by atoms with Crippen LogP contribution in [0.3, 0.4) is 0 Å². The first-order chi connectivity index (χ1) is 14.0. The van der Waals surface area contributed by atoms with Crippen LogP contribution < -0.4 is 5.56 Å². The molecule has 0 unspecified atom stereocenters. The van der Waals surface area contributed by atoms with Gasteiger partial charge in [-0.3, -0.25) is 14.2 Å². The summed E-state index contributed by atoms with van der Waals surface area (Å²) in [5.41, 5.74) is 2.85. The molecular weight excluding hydrogens is 382 g/mol. The second-order valence-electron chi connectivity index (χ2n) is 6.90. The van der Waals surface area contributed by atoms with Crippen molar-refractivity contribution in [3.05, 3.63) is 93.9 Å². The predicted molar refractivity (Wildman–Crippen MR) is 117 cm³/mol. The van der Waals surface area contributed by atoms with Gasteiger partial charge in [0.1, 0.15) is 0 Å². The summed E-state index contributed by atoms with van der Waals surface area (Å²) in [6.45, 7) is 2.99. The van der Waals surface area contributed by atoms with E-state index in [9.17, 15) is 9.59 Å². The Bertz CT molecular complexity index is 1000. The lowest BCUT2D eigenvalue weighted by Gasteiger charge is -2.23. The number of amides is 1. The number of thioether (sulfide) groups is 1. The maximum absolute atomic E-state index is 13.0. The second-order valence-corrected chi connectivity index (χ2v) is 7.85. The third-order valence-electron chi connectivity index (χ3n) is 4.63. The van der Waals surface area contributed by atoms with Gasteiger partial charge in [0, 0.05) is 31.9 Å². The van der Waals surface area contributed by atoms with Gasteiger partial charge in [0.05, 0.1) is 5.75 Å². The van der Waals surface area contributed by atoms with Crippen LogP contribution in [0.4, 0.5) is 0 Å². The topological polar surface area (TPSA) is 55.2 Å². The van der Waals surface area contributed by atoms with Crippen LogP contribution in [0.25, 0.3) is 0 Å². The van der Waals surface area contributed by atoms with Gasteiger partial charge in [-0.05, 0) is 24.5 Å². The maximum Gasteiger partial charge on any atom is 0.254 e. The monoisotopic (exact) mass is 407 g/mol. The Balaban J connectivity index is 1.70. The van der Waals surface area contributed by atoms with Crippen molar-refractivity contribution >= 4 is 17.7 Å². The van der Waals surface area contributed by atoms with Crippen molar-refractivity contribution in [2.45, 2.75) is 25.0 Å². The number of benzene rings is 2. The molecule has 0 bridgehead atoms.